The van der Waals surface area contributed by atoms with Crippen LogP contribution in [0.5, 0.6) is 34.9 Å². The Morgan fingerprint density at radius 3 is 1.13 bits per heavy atom. The van der Waals surface area contributed by atoms with Crippen molar-refractivity contribution in [1.29, 1.82) is 0 Å². The molecule has 18 atom stereocenters. The molecule has 743 valence electrons. The van der Waals surface area contributed by atoms with E-state index in [9.17, 15) is 43.2 Å². The van der Waals surface area contributed by atoms with E-state index in [4.69, 9.17) is 72.5 Å². The summed E-state index contributed by atoms with van der Waals surface area (Å²) in [5.74, 6) is 2.51. The molecule has 3 aromatic heterocycles. The van der Waals surface area contributed by atoms with Crippen LogP contribution >= 0.6 is 0 Å². The summed E-state index contributed by atoms with van der Waals surface area (Å²) in [6, 6.07) is 14.6. The third-order valence-electron chi connectivity index (χ3n) is 31.9. The predicted octanol–water partition coefficient (Wildman–Crippen LogP) is 17.7. The van der Waals surface area contributed by atoms with E-state index in [2.05, 4.69) is 25.8 Å². The van der Waals surface area contributed by atoms with Crippen molar-refractivity contribution in [3.05, 3.63) is 71.7 Å². The fourth-order valence-electron chi connectivity index (χ4n) is 24.0. The number of aryl methyl sites for hydroxylation is 3. The molecular formula is C107H144N9O18V3-3. The topological polar surface area (TPSA) is 324 Å². The van der Waals surface area contributed by atoms with Crippen LogP contribution in [0.2, 0.25) is 0 Å². The number of benzene rings is 3. The van der Waals surface area contributed by atoms with Crippen LogP contribution in [0.4, 0.5) is 0 Å². The molecule has 10 bridgehead atoms. The number of rotatable bonds is 11. The number of ether oxygens (including phenoxy) is 9. The Morgan fingerprint density at radius 1 is 0.401 bits per heavy atom. The standard InChI is InChI=1S/2C36H48N3O6.C35H48N3O6.3V/c1-6-24-30(20-40)39-19-32(24)45-34-28(37-27-13-12-23(43-5)17-29(27)38-34)11-9-7-8-10-25-22-14-21(15-22)16-31(25)44-33(41)18-26(35(39)42)36(2,3)4;1-6-25-30(20-40)39-19-31(25)44-34-28(37-27-13-12-24(43-5)17-29(27)38-34)11-9-7-8-10-22-14-21-15-23(16-21)33(22)45-32(41)18-26(35(39)42)36(2,3)4;1-7-16-35-19-22(35)12-10-9-11-13-27-32(37-28-17-23(42-6)14-15-26(28)36-27)43-30-20-38(29(21-39)24(30)8-2)33(41)25(34(3,4)5)18-31(40)44-35;;;/h12-13,17,21-22,24-26,30-32H,6-11,14-16,18-19H2,1-5H3;12-13,17,21-23,25-26,30-31,33H,6-11,14-16,18-19H2,1-5H3;14-15,17,22,24-25,29-30H,7-13,16,18-20H2,1-6H3;;;/q3*-1;;;/t21?,22?,24-,25+,26+,30+,31+,32-;21?,22-,23?,25+,26-,30-,31+,33+;22-,24+,25-,29-,30+,35-;;;/m011.../s1. The van der Waals surface area contributed by atoms with E-state index in [0.717, 1.165) is 162 Å². The summed E-state index contributed by atoms with van der Waals surface area (Å²) in [4.78, 5) is 155. The molecule has 27 nitrogen and oxygen atoms in total. The maximum Gasteiger partial charge on any atom is 0.307 e. The third kappa shape index (κ3) is 24.4. The van der Waals surface area contributed by atoms with Gasteiger partial charge in [0, 0.05) is 79.8 Å². The summed E-state index contributed by atoms with van der Waals surface area (Å²) in [5.41, 5.74) is 4.69. The number of carbonyl (C=O) groups is 6. The average Bonchev–Trinajstić information content (AvgIpc) is 1.58. The van der Waals surface area contributed by atoms with Gasteiger partial charge in [-0.05, 0) is 215 Å². The Bertz CT molecular complexity index is 5230. The number of amides is 3. The monoisotopic (exact) mass is 2000 g/mol. The number of hydrogen-bond donors (Lipinski definition) is 0. The number of aromatic nitrogens is 6. The zero-order valence-corrected chi connectivity index (χ0v) is 87.6. The summed E-state index contributed by atoms with van der Waals surface area (Å²) in [5, 5.41) is 0. The van der Waals surface area contributed by atoms with Gasteiger partial charge in [0.1, 0.15) is 70.5 Å². The molecule has 0 unspecified atom stereocenters. The molecule has 137 heavy (non-hydrogen) atoms. The quantitative estimate of drug-likeness (QED) is 0.0660. The second kappa shape index (κ2) is 46.4. The Kier molecular flexibility index (Phi) is 36.6. The zero-order chi connectivity index (χ0) is 95.4. The normalized spacial score (nSPS) is 31.1. The number of carbonyl (C=O) groups excluding carboxylic acids is 9. The van der Waals surface area contributed by atoms with Gasteiger partial charge in [-0.3, -0.25) is 28.8 Å². The molecule has 7 aliphatic carbocycles. The van der Waals surface area contributed by atoms with E-state index >= 15 is 0 Å². The van der Waals surface area contributed by atoms with Crippen molar-refractivity contribution in [1.82, 2.24) is 44.6 Å². The van der Waals surface area contributed by atoms with Crippen molar-refractivity contribution in [2.45, 2.75) is 337 Å². The fourth-order valence-corrected chi connectivity index (χ4v) is 24.0. The van der Waals surface area contributed by atoms with Crippen molar-refractivity contribution in [2.75, 3.05) is 41.0 Å². The van der Waals surface area contributed by atoms with Gasteiger partial charge in [-0.2, -0.15) is 0 Å². The largest absolute Gasteiger partial charge is 0.540 e. The number of fused-ring (bicyclic) bond motifs is 13. The Balaban J connectivity index is 0.000000183. The number of hydrogen-bond acceptors (Lipinski definition) is 24. The molecular weight excluding hydrogens is 1850 g/mol. The van der Waals surface area contributed by atoms with Gasteiger partial charge in [0.25, 0.3) is 0 Å². The molecule has 0 spiro atoms. The van der Waals surface area contributed by atoms with Crippen LogP contribution in [-0.2, 0) is 132 Å². The predicted molar refractivity (Wildman–Crippen MR) is 506 cm³/mol. The Labute approximate surface area is 845 Å². The van der Waals surface area contributed by atoms with Crippen LogP contribution in [0.3, 0.4) is 0 Å². The van der Waals surface area contributed by atoms with E-state index in [0.29, 0.717) is 125 Å². The van der Waals surface area contributed by atoms with E-state index in [1.165, 1.54) is 12.8 Å². The van der Waals surface area contributed by atoms with Gasteiger partial charge in [-0.15, -0.1) is 0 Å². The smallest absolute Gasteiger partial charge is 0.307 e. The summed E-state index contributed by atoms with van der Waals surface area (Å²) < 4.78 is 54.9. The molecule has 3 amide bonds. The Morgan fingerprint density at radius 2 is 0.759 bits per heavy atom. The van der Waals surface area contributed by atoms with Crippen LogP contribution < -0.4 is 28.4 Å². The van der Waals surface area contributed by atoms with E-state index in [1.54, 1.807) is 36.0 Å². The van der Waals surface area contributed by atoms with Gasteiger partial charge in [0.2, 0.25) is 35.4 Å². The van der Waals surface area contributed by atoms with Crippen LogP contribution in [0, 0.1) is 93.2 Å². The number of methoxy groups -OCH3 is 3. The maximum atomic E-state index is 14.3. The van der Waals surface area contributed by atoms with Gasteiger partial charge < -0.3 is 71.7 Å². The molecule has 3 saturated heterocycles. The van der Waals surface area contributed by atoms with Gasteiger partial charge in [-0.1, -0.05) is 172 Å². The average molecular weight is 2000 g/mol. The van der Waals surface area contributed by atoms with Crippen molar-refractivity contribution >= 4 is 87.6 Å². The molecule has 3 radical (unpaired) electrons. The van der Waals surface area contributed by atoms with E-state index in [-0.39, 0.29) is 160 Å². The van der Waals surface area contributed by atoms with Crippen LogP contribution in [0.1, 0.15) is 280 Å². The molecule has 13 aliphatic rings. The molecule has 6 aliphatic heterocycles. The molecule has 30 heteroatoms. The van der Waals surface area contributed by atoms with E-state index < -0.39 is 76.0 Å². The van der Waals surface area contributed by atoms with Crippen molar-refractivity contribution in [3.8, 4) is 34.9 Å². The van der Waals surface area contributed by atoms with Crippen LogP contribution in [0.25, 0.3) is 33.1 Å². The summed E-state index contributed by atoms with van der Waals surface area (Å²) in [6.45, 7) is 26.5. The molecule has 10 fully saturated rings. The minimum absolute atomic E-state index is 0. The third-order valence-corrected chi connectivity index (χ3v) is 31.9. The first kappa shape index (κ1) is 108. The van der Waals surface area contributed by atoms with Crippen molar-refractivity contribution in [3.63, 3.8) is 0 Å². The maximum absolute atomic E-state index is 14.3. The van der Waals surface area contributed by atoms with Crippen molar-refractivity contribution < 1.29 is 141 Å². The van der Waals surface area contributed by atoms with Crippen molar-refractivity contribution in [2.24, 2.45) is 93.2 Å². The minimum Gasteiger partial charge on any atom is -0.540 e. The van der Waals surface area contributed by atoms with Gasteiger partial charge >= 0.3 is 17.9 Å². The molecule has 3 aromatic carbocycles. The minimum atomic E-state index is -0.781. The van der Waals surface area contributed by atoms with Crippen LogP contribution in [0.15, 0.2) is 54.6 Å². The number of nitrogens with zero attached hydrogens (tertiary/aromatic N) is 9. The zero-order valence-electron chi connectivity index (χ0n) is 83.4. The summed E-state index contributed by atoms with van der Waals surface area (Å²) in [6.07, 6.45) is 30.4. The first-order valence-electron chi connectivity index (χ1n) is 50.4. The van der Waals surface area contributed by atoms with Gasteiger partial charge in [-0.25, -0.2) is 48.8 Å². The molecule has 19 rings (SSSR count). The Hall–Kier alpha value is -7.94. The fraction of sp³-hybridized carbons (Fsp3) is 0.692. The molecule has 6 aromatic rings. The molecule has 0 N–H and O–H groups in total. The van der Waals surface area contributed by atoms with E-state index in [1.807, 2.05) is 138 Å². The first-order chi connectivity index (χ1) is 64.2. The SMILES string of the molecule is CCC[C@@]12C[C@H]1CCCCCc1nc3ccc(OC)cc3nc1O[C@H]1CN(C(=O)[C@H](C(C)(C)C)CC(=O)O2)[C@H]([C-]=O)[C@@H]1CC.CC[C@@H]1[C@@H]2CN(C(=O)[C@H](C(C)(C)C)CC(=O)O[C@@H]3C4CC(C4)C[C@H]3CCCCCc3nc4ccc(OC)cc4nc3O2)[C@@H]1[C-]=O.CC[C@@H]1[C@@H]2CN(C(=O)[C@H](C(C)(C)C)CC(=O)O[C@@H]3CC4CC(C4)[C@H]3CCCCCc3nc4ccc(OC)cc4nc3O2)[C@@H]1[C-]=O.[V].[V].[V]. The first-order valence-corrected chi connectivity index (χ1v) is 50.4. The summed E-state index contributed by atoms with van der Waals surface area (Å²) in [7, 11) is 4.85. The number of esters is 3. The second-order valence-electron chi connectivity index (χ2n) is 43.8. The molecule has 7 saturated carbocycles. The van der Waals surface area contributed by atoms with Gasteiger partial charge in [0.15, 0.2) is 0 Å². The summed E-state index contributed by atoms with van der Waals surface area (Å²) >= 11 is 0. The van der Waals surface area contributed by atoms with Gasteiger partial charge in [0.05, 0.1) is 111 Å². The second-order valence-corrected chi connectivity index (χ2v) is 43.8. The van der Waals surface area contributed by atoms with Crippen LogP contribution in [-0.4, -0.2) is 194 Å². The molecule has 9 heterocycles.